The molecule has 0 aliphatic carbocycles. The fourth-order valence-corrected chi connectivity index (χ4v) is 1.96. The van der Waals surface area contributed by atoms with Crippen LogP contribution < -0.4 is 0 Å². The van der Waals surface area contributed by atoms with Gasteiger partial charge < -0.3 is 0 Å². The van der Waals surface area contributed by atoms with Gasteiger partial charge in [-0.15, -0.1) is 0 Å². The van der Waals surface area contributed by atoms with Crippen molar-refractivity contribution in [3.05, 3.63) is 70.8 Å². The molecule has 0 heterocycles. The Balaban J connectivity index is 2.44. The van der Waals surface area contributed by atoms with E-state index in [2.05, 4.69) is 0 Å². The maximum Gasteiger partial charge on any atom is 0.193 e. The highest BCUT2D eigenvalue weighted by Crippen LogP contribution is 2.15. The Morgan fingerprint density at radius 1 is 1.11 bits per heavy atom. The lowest BCUT2D eigenvalue weighted by Gasteiger charge is -2.06. The zero-order chi connectivity index (χ0) is 13.0. The SMILES string of the molecule is CCc1ccccc1C(=O)c1cccc(C=O)c1. The second kappa shape index (κ2) is 5.41. The van der Waals surface area contributed by atoms with Crippen molar-refractivity contribution in [3.8, 4) is 0 Å². The molecule has 0 aromatic heterocycles. The van der Waals surface area contributed by atoms with E-state index in [4.69, 9.17) is 0 Å². The monoisotopic (exact) mass is 238 g/mol. The van der Waals surface area contributed by atoms with Crippen LogP contribution in [0.15, 0.2) is 48.5 Å². The highest BCUT2D eigenvalue weighted by Gasteiger charge is 2.12. The van der Waals surface area contributed by atoms with Crippen LogP contribution in [0.2, 0.25) is 0 Å². The standard InChI is InChI=1S/C16H14O2/c1-2-13-7-3-4-9-15(13)16(18)14-8-5-6-12(10-14)11-17/h3-11H,2H2,1H3. The number of benzene rings is 2. The molecule has 2 aromatic rings. The highest BCUT2D eigenvalue weighted by atomic mass is 16.1. The van der Waals surface area contributed by atoms with Crippen LogP contribution in [-0.2, 0) is 6.42 Å². The summed E-state index contributed by atoms with van der Waals surface area (Å²) in [7, 11) is 0. The van der Waals surface area contributed by atoms with Crippen LogP contribution in [0.5, 0.6) is 0 Å². The highest BCUT2D eigenvalue weighted by molar-refractivity contribution is 6.10. The normalized spacial score (nSPS) is 10.1. The third kappa shape index (κ3) is 2.38. The van der Waals surface area contributed by atoms with Gasteiger partial charge in [-0.25, -0.2) is 0 Å². The van der Waals surface area contributed by atoms with Gasteiger partial charge in [-0.3, -0.25) is 9.59 Å². The minimum absolute atomic E-state index is 0.0313. The molecular formula is C16H14O2. The van der Waals surface area contributed by atoms with Crippen LogP contribution in [-0.4, -0.2) is 12.1 Å². The molecule has 0 fully saturated rings. The second-order valence-corrected chi connectivity index (χ2v) is 4.08. The maximum absolute atomic E-state index is 12.4. The predicted molar refractivity (Wildman–Crippen MR) is 71.1 cm³/mol. The van der Waals surface area contributed by atoms with Crippen molar-refractivity contribution >= 4 is 12.1 Å². The van der Waals surface area contributed by atoms with Crippen LogP contribution in [0.25, 0.3) is 0 Å². The number of hydrogen-bond donors (Lipinski definition) is 0. The van der Waals surface area contributed by atoms with Gasteiger partial charge in [0.15, 0.2) is 5.78 Å². The molecular weight excluding hydrogens is 224 g/mol. The van der Waals surface area contributed by atoms with E-state index in [0.29, 0.717) is 16.7 Å². The van der Waals surface area contributed by atoms with E-state index in [1.54, 1.807) is 24.3 Å². The van der Waals surface area contributed by atoms with Crippen LogP contribution in [0, 0.1) is 0 Å². The fourth-order valence-electron chi connectivity index (χ4n) is 1.96. The van der Waals surface area contributed by atoms with Gasteiger partial charge in [0.25, 0.3) is 0 Å². The summed E-state index contributed by atoms with van der Waals surface area (Å²) in [5, 5.41) is 0. The zero-order valence-corrected chi connectivity index (χ0v) is 10.2. The third-order valence-corrected chi connectivity index (χ3v) is 2.93. The van der Waals surface area contributed by atoms with E-state index in [1.807, 2.05) is 31.2 Å². The van der Waals surface area contributed by atoms with Crippen molar-refractivity contribution in [3.63, 3.8) is 0 Å². The molecule has 2 rings (SSSR count). The van der Waals surface area contributed by atoms with Crippen molar-refractivity contribution in [2.24, 2.45) is 0 Å². The van der Waals surface area contributed by atoms with E-state index in [0.717, 1.165) is 18.3 Å². The first kappa shape index (κ1) is 12.2. The summed E-state index contributed by atoms with van der Waals surface area (Å²) >= 11 is 0. The molecule has 0 bridgehead atoms. The molecule has 0 unspecified atom stereocenters. The van der Waals surface area contributed by atoms with Gasteiger partial charge in [0.05, 0.1) is 0 Å². The Morgan fingerprint density at radius 3 is 2.61 bits per heavy atom. The molecule has 2 nitrogen and oxygen atoms in total. The number of aryl methyl sites for hydroxylation is 1. The molecule has 90 valence electrons. The van der Waals surface area contributed by atoms with Gasteiger partial charge >= 0.3 is 0 Å². The topological polar surface area (TPSA) is 34.1 Å². The zero-order valence-electron chi connectivity index (χ0n) is 10.2. The summed E-state index contributed by atoms with van der Waals surface area (Å²) in [6.45, 7) is 2.02. The molecule has 0 spiro atoms. The first-order valence-corrected chi connectivity index (χ1v) is 5.94. The fraction of sp³-hybridized carbons (Fsp3) is 0.125. The predicted octanol–water partition coefficient (Wildman–Crippen LogP) is 3.29. The van der Waals surface area contributed by atoms with E-state index in [-0.39, 0.29) is 5.78 Å². The molecule has 0 aliphatic heterocycles. The number of carbonyl (C=O) groups is 2. The molecule has 2 aromatic carbocycles. The minimum atomic E-state index is -0.0313. The first-order valence-electron chi connectivity index (χ1n) is 5.94. The van der Waals surface area contributed by atoms with Gasteiger partial charge in [0, 0.05) is 16.7 Å². The van der Waals surface area contributed by atoms with Crippen LogP contribution >= 0.6 is 0 Å². The molecule has 0 atom stereocenters. The minimum Gasteiger partial charge on any atom is -0.298 e. The van der Waals surface area contributed by atoms with Crippen LogP contribution in [0.1, 0.15) is 38.8 Å². The summed E-state index contributed by atoms with van der Waals surface area (Å²) in [5.74, 6) is -0.0313. The van der Waals surface area contributed by atoms with Crippen molar-refractivity contribution in [2.45, 2.75) is 13.3 Å². The number of carbonyl (C=O) groups excluding carboxylic acids is 2. The maximum atomic E-state index is 12.4. The second-order valence-electron chi connectivity index (χ2n) is 4.08. The Morgan fingerprint density at radius 2 is 1.89 bits per heavy atom. The van der Waals surface area contributed by atoms with Crippen LogP contribution in [0.4, 0.5) is 0 Å². The summed E-state index contributed by atoms with van der Waals surface area (Å²) in [6, 6.07) is 14.4. The first-order chi connectivity index (χ1) is 8.76. The molecule has 0 radical (unpaired) electrons. The molecule has 0 saturated carbocycles. The molecule has 0 saturated heterocycles. The quantitative estimate of drug-likeness (QED) is 0.605. The molecule has 0 N–H and O–H groups in total. The van der Waals surface area contributed by atoms with Crippen molar-refractivity contribution in [2.75, 3.05) is 0 Å². The summed E-state index contributed by atoms with van der Waals surface area (Å²) in [5.41, 5.74) is 2.82. The van der Waals surface area contributed by atoms with Gasteiger partial charge in [0.2, 0.25) is 0 Å². The third-order valence-electron chi connectivity index (χ3n) is 2.93. The van der Waals surface area contributed by atoms with Gasteiger partial charge in [-0.1, -0.05) is 49.4 Å². The lowest BCUT2D eigenvalue weighted by atomic mass is 9.96. The van der Waals surface area contributed by atoms with Gasteiger partial charge in [0.1, 0.15) is 6.29 Å². The van der Waals surface area contributed by atoms with E-state index < -0.39 is 0 Å². The average molecular weight is 238 g/mol. The van der Waals surface area contributed by atoms with Crippen molar-refractivity contribution in [1.29, 1.82) is 0 Å². The Bertz CT molecular complexity index is 585. The Labute approximate surface area is 106 Å². The van der Waals surface area contributed by atoms with E-state index >= 15 is 0 Å². The Kier molecular flexibility index (Phi) is 3.68. The number of hydrogen-bond acceptors (Lipinski definition) is 2. The van der Waals surface area contributed by atoms with E-state index in [9.17, 15) is 9.59 Å². The number of ketones is 1. The Hall–Kier alpha value is -2.22. The van der Waals surface area contributed by atoms with Crippen molar-refractivity contribution < 1.29 is 9.59 Å². The lowest BCUT2D eigenvalue weighted by Crippen LogP contribution is -2.05. The number of rotatable bonds is 4. The molecule has 0 amide bonds. The van der Waals surface area contributed by atoms with Gasteiger partial charge in [-0.05, 0) is 18.1 Å². The van der Waals surface area contributed by atoms with Gasteiger partial charge in [-0.2, -0.15) is 0 Å². The average Bonchev–Trinajstić information content (AvgIpc) is 2.46. The molecule has 18 heavy (non-hydrogen) atoms. The molecule has 2 heteroatoms. The smallest absolute Gasteiger partial charge is 0.193 e. The lowest BCUT2D eigenvalue weighted by molar-refractivity contribution is 0.103. The van der Waals surface area contributed by atoms with E-state index in [1.165, 1.54) is 0 Å². The van der Waals surface area contributed by atoms with Crippen LogP contribution in [0.3, 0.4) is 0 Å². The summed E-state index contributed by atoms with van der Waals surface area (Å²) in [4.78, 5) is 23.1. The summed E-state index contributed by atoms with van der Waals surface area (Å²) in [6.07, 6.45) is 1.57. The summed E-state index contributed by atoms with van der Waals surface area (Å²) < 4.78 is 0. The molecule has 0 aliphatic rings. The largest absolute Gasteiger partial charge is 0.298 e. The van der Waals surface area contributed by atoms with Crippen molar-refractivity contribution in [1.82, 2.24) is 0 Å². The number of aldehydes is 1.